The number of rotatable bonds is 35. The van der Waals surface area contributed by atoms with E-state index in [-0.39, 0.29) is 18.9 Å². The first-order valence-electron chi connectivity index (χ1n) is 24.3. The Hall–Kier alpha value is -2.83. The Morgan fingerprint density at radius 2 is 1.06 bits per heavy atom. The molecule has 0 aliphatic carbocycles. The summed E-state index contributed by atoms with van der Waals surface area (Å²) in [7, 11) is 0. The summed E-state index contributed by atoms with van der Waals surface area (Å²) >= 11 is 0. The first-order valence-corrected chi connectivity index (χ1v) is 24.3. The summed E-state index contributed by atoms with van der Waals surface area (Å²) in [4.78, 5) is 13.1. The number of carbonyl (C=O) groups is 1. The van der Waals surface area contributed by atoms with E-state index in [0.29, 0.717) is 6.42 Å². The fourth-order valence-corrected chi connectivity index (χ4v) is 7.35. The standard InChI is InChI=1S/C51H85NO13/c1-3-5-7-9-11-13-15-16-17-18-19-20-21-22-23-24-25-27-29-31-33-35-43(56)52-39(40(55)34-32-30-28-26-14-12-10-8-6-4-2)38-62-50-48(61)46(59)49(42(37-54)64-50)65-51-47(60)45(58)44(57)41(36-53)63-51/h5,7,11,13,16-17,19-20,22-23,25,27,32,34,39-42,44-51,53-55,57-61H,3-4,6,8-10,12,14-15,18,21,24,26,28-31,33,35-38H2,1-2H3,(H,52,56)/b7-5-,13-11-,17-16-,20-19-,23-22-,27-25-,34-32+. The number of hydrogen-bond acceptors (Lipinski definition) is 13. The zero-order valence-electron chi connectivity index (χ0n) is 39.2. The number of ether oxygens (including phenoxy) is 4. The van der Waals surface area contributed by atoms with E-state index in [4.69, 9.17) is 18.9 Å². The summed E-state index contributed by atoms with van der Waals surface area (Å²) in [6.07, 6.45) is 30.6. The number of aliphatic hydroxyl groups is 8. The van der Waals surface area contributed by atoms with E-state index >= 15 is 0 Å². The van der Waals surface area contributed by atoms with Gasteiger partial charge in [-0.2, -0.15) is 0 Å². The highest BCUT2D eigenvalue weighted by atomic mass is 16.7. The summed E-state index contributed by atoms with van der Waals surface area (Å²) in [5.41, 5.74) is 0. The second kappa shape index (κ2) is 37.2. The molecule has 2 heterocycles. The lowest BCUT2D eigenvalue weighted by Gasteiger charge is -2.46. The van der Waals surface area contributed by atoms with E-state index in [1.807, 2.05) is 6.08 Å². The quantitative estimate of drug-likeness (QED) is 0.0270. The molecule has 65 heavy (non-hydrogen) atoms. The normalized spacial score (nSPS) is 27.8. The van der Waals surface area contributed by atoms with Crippen molar-refractivity contribution in [2.45, 2.75) is 209 Å². The molecule has 2 aliphatic rings. The largest absolute Gasteiger partial charge is 0.394 e. The first kappa shape index (κ1) is 58.3. The second-order valence-electron chi connectivity index (χ2n) is 16.9. The number of carbonyl (C=O) groups excluding carboxylic acids is 1. The maximum absolute atomic E-state index is 13.1. The summed E-state index contributed by atoms with van der Waals surface area (Å²) in [6.45, 7) is 2.58. The van der Waals surface area contributed by atoms with E-state index in [1.54, 1.807) is 6.08 Å². The average Bonchev–Trinajstić information content (AvgIpc) is 3.30. The van der Waals surface area contributed by atoms with Crippen LogP contribution in [0.2, 0.25) is 0 Å². The molecule has 2 rings (SSSR count). The van der Waals surface area contributed by atoms with Crippen LogP contribution >= 0.6 is 0 Å². The maximum atomic E-state index is 13.1. The van der Waals surface area contributed by atoms with E-state index in [9.17, 15) is 45.6 Å². The molecule has 12 unspecified atom stereocenters. The zero-order valence-corrected chi connectivity index (χ0v) is 39.2. The minimum absolute atomic E-state index is 0.221. The highest BCUT2D eigenvalue weighted by Crippen LogP contribution is 2.30. The molecule has 9 N–H and O–H groups in total. The number of allylic oxidation sites excluding steroid dienone is 13. The van der Waals surface area contributed by atoms with Gasteiger partial charge in [0.1, 0.15) is 48.8 Å². The molecule has 0 radical (unpaired) electrons. The third-order valence-electron chi connectivity index (χ3n) is 11.3. The molecule has 0 saturated carbocycles. The number of amides is 1. The van der Waals surface area contributed by atoms with Crippen LogP contribution in [0.4, 0.5) is 0 Å². The topological polar surface area (TPSA) is 228 Å². The molecule has 0 bridgehead atoms. The fraction of sp³-hybridized carbons (Fsp3) is 0.706. The zero-order chi connectivity index (χ0) is 47.5. The Balaban J connectivity index is 1.86. The third kappa shape index (κ3) is 24.7. The van der Waals surface area contributed by atoms with Crippen molar-refractivity contribution in [3.05, 3.63) is 85.1 Å². The number of aliphatic hydroxyl groups excluding tert-OH is 8. The molecule has 2 aliphatic heterocycles. The van der Waals surface area contributed by atoms with Gasteiger partial charge in [-0.3, -0.25) is 4.79 Å². The van der Waals surface area contributed by atoms with Crippen LogP contribution in [-0.2, 0) is 23.7 Å². The van der Waals surface area contributed by atoms with Gasteiger partial charge in [0.05, 0.1) is 32.0 Å². The molecular formula is C51H85NO13. The predicted molar refractivity (Wildman–Crippen MR) is 253 cm³/mol. The Bertz CT molecular complexity index is 1410. The summed E-state index contributed by atoms with van der Waals surface area (Å²) in [6, 6.07) is -0.940. The lowest BCUT2D eigenvalue weighted by Crippen LogP contribution is -2.65. The fourth-order valence-electron chi connectivity index (χ4n) is 7.35. The molecule has 0 aromatic heterocycles. The van der Waals surface area contributed by atoms with Crippen LogP contribution in [0, 0.1) is 0 Å². The lowest BCUT2D eigenvalue weighted by atomic mass is 9.97. The summed E-state index contributed by atoms with van der Waals surface area (Å²) < 4.78 is 22.6. The predicted octanol–water partition coefficient (Wildman–Crippen LogP) is 5.82. The van der Waals surface area contributed by atoms with Crippen LogP contribution in [-0.4, -0.2) is 140 Å². The van der Waals surface area contributed by atoms with Gasteiger partial charge in [-0.1, -0.05) is 144 Å². The SMILES string of the molecule is CC/C=C\C/C=C\C/C=C\C/C=C\C/C=C\C/C=C\CCCCC(=O)NC(COC1OC(CO)C(OC2OC(CO)C(O)C(O)C2O)C(O)C1O)C(O)/C=C/CCCCCCCCCC. The highest BCUT2D eigenvalue weighted by Gasteiger charge is 2.51. The molecule has 12 atom stereocenters. The molecule has 0 spiro atoms. The minimum Gasteiger partial charge on any atom is -0.394 e. The van der Waals surface area contributed by atoms with E-state index in [0.717, 1.165) is 77.0 Å². The monoisotopic (exact) mass is 920 g/mol. The molecule has 2 fully saturated rings. The summed E-state index contributed by atoms with van der Waals surface area (Å²) in [5.74, 6) is -0.289. The van der Waals surface area contributed by atoms with Crippen molar-refractivity contribution in [2.24, 2.45) is 0 Å². The van der Waals surface area contributed by atoms with Gasteiger partial charge in [0.15, 0.2) is 12.6 Å². The molecule has 372 valence electrons. The van der Waals surface area contributed by atoms with Crippen LogP contribution < -0.4 is 5.32 Å². The third-order valence-corrected chi connectivity index (χ3v) is 11.3. The molecule has 1 amide bonds. The van der Waals surface area contributed by atoms with Crippen molar-refractivity contribution < 1.29 is 64.6 Å². The van der Waals surface area contributed by atoms with Crippen molar-refractivity contribution in [3.8, 4) is 0 Å². The van der Waals surface area contributed by atoms with Crippen molar-refractivity contribution in [3.63, 3.8) is 0 Å². The Labute approximate surface area is 389 Å². The van der Waals surface area contributed by atoms with Crippen molar-refractivity contribution in [2.75, 3.05) is 19.8 Å². The van der Waals surface area contributed by atoms with E-state index < -0.39 is 86.8 Å². The van der Waals surface area contributed by atoms with Crippen molar-refractivity contribution in [1.82, 2.24) is 5.32 Å². The van der Waals surface area contributed by atoms with Gasteiger partial charge >= 0.3 is 0 Å². The first-order chi connectivity index (χ1) is 31.6. The molecule has 0 aromatic carbocycles. The van der Waals surface area contributed by atoms with Gasteiger partial charge in [0.2, 0.25) is 5.91 Å². The number of unbranched alkanes of at least 4 members (excludes halogenated alkanes) is 10. The Morgan fingerprint density at radius 1 is 0.569 bits per heavy atom. The Kier molecular flexibility index (Phi) is 33.4. The van der Waals surface area contributed by atoms with Crippen LogP contribution in [0.25, 0.3) is 0 Å². The van der Waals surface area contributed by atoms with Crippen LogP contribution in [0.15, 0.2) is 85.1 Å². The van der Waals surface area contributed by atoms with Crippen molar-refractivity contribution in [1.29, 1.82) is 0 Å². The van der Waals surface area contributed by atoms with Gasteiger partial charge in [-0.25, -0.2) is 0 Å². The van der Waals surface area contributed by atoms with Gasteiger partial charge in [-0.15, -0.1) is 0 Å². The summed E-state index contributed by atoms with van der Waals surface area (Å²) in [5, 5.41) is 86.5. The molecule has 0 aromatic rings. The van der Waals surface area contributed by atoms with E-state index in [2.05, 4.69) is 92.1 Å². The lowest BCUT2D eigenvalue weighted by molar-refractivity contribution is -0.359. The Morgan fingerprint density at radius 3 is 1.63 bits per heavy atom. The van der Waals surface area contributed by atoms with Gasteiger partial charge < -0.3 is 65.1 Å². The molecule has 14 heteroatoms. The minimum atomic E-state index is -1.79. The van der Waals surface area contributed by atoms with Crippen LogP contribution in [0.1, 0.15) is 136 Å². The molecular weight excluding hydrogens is 835 g/mol. The van der Waals surface area contributed by atoms with E-state index in [1.165, 1.54) is 32.1 Å². The molecule has 14 nitrogen and oxygen atoms in total. The average molecular weight is 920 g/mol. The smallest absolute Gasteiger partial charge is 0.220 e. The number of hydrogen-bond donors (Lipinski definition) is 9. The van der Waals surface area contributed by atoms with Gasteiger partial charge in [0, 0.05) is 6.42 Å². The second-order valence-corrected chi connectivity index (χ2v) is 16.9. The highest BCUT2D eigenvalue weighted by molar-refractivity contribution is 5.76. The molecule has 2 saturated heterocycles. The van der Waals surface area contributed by atoms with Crippen LogP contribution in [0.5, 0.6) is 0 Å². The van der Waals surface area contributed by atoms with Gasteiger partial charge in [-0.05, 0) is 70.6 Å². The number of nitrogens with one attached hydrogen (secondary N) is 1. The van der Waals surface area contributed by atoms with Crippen LogP contribution in [0.3, 0.4) is 0 Å². The maximum Gasteiger partial charge on any atom is 0.220 e. The van der Waals surface area contributed by atoms with Crippen molar-refractivity contribution >= 4 is 5.91 Å². The van der Waals surface area contributed by atoms with Gasteiger partial charge in [0.25, 0.3) is 0 Å².